The first-order valence-electron chi connectivity index (χ1n) is 6.42. The Balaban J connectivity index is 2.07. The van der Waals surface area contributed by atoms with Gasteiger partial charge in [-0.25, -0.2) is 0 Å². The van der Waals surface area contributed by atoms with Crippen LogP contribution in [0.2, 0.25) is 10.0 Å². The minimum absolute atomic E-state index is 0.202. The van der Waals surface area contributed by atoms with Gasteiger partial charge in [-0.05, 0) is 36.8 Å². The predicted octanol–water partition coefficient (Wildman–Crippen LogP) is 4.85. The Kier molecular flexibility index (Phi) is 5.30. The number of hydrogen-bond acceptors (Lipinski definition) is 2. The number of ether oxygens (including phenoxy) is 1. The normalized spacial score (nSPS) is 12.2. The van der Waals surface area contributed by atoms with Gasteiger partial charge < -0.3 is 10.1 Å². The van der Waals surface area contributed by atoms with Crippen LogP contribution in [0.1, 0.15) is 24.1 Å². The van der Waals surface area contributed by atoms with E-state index in [0.717, 1.165) is 16.3 Å². The first kappa shape index (κ1) is 15.2. The van der Waals surface area contributed by atoms with Crippen molar-refractivity contribution in [2.75, 3.05) is 7.11 Å². The zero-order chi connectivity index (χ0) is 14.5. The molecule has 0 bridgehead atoms. The van der Waals surface area contributed by atoms with Crippen LogP contribution >= 0.6 is 23.2 Å². The van der Waals surface area contributed by atoms with Crippen LogP contribution in [-0.2, 0) is 6.54 Å². The molecular formula is C16H17Cl2NO. The molecule has 0 saturated heterocycles. The van der Waals surface area contributed by atoms with Gasteiger partial charge in [0.2, 0.25) is 0 Å². The van der Waals surface area contributed by atoms with Gasteiger partial charge in [0.15, 0.2) is 0 Å². The van der Waals surface area contributed by atoms with Crippen LogP contribution in [0.3, 0.4) is 0 Å². The number of nitrogens with one attached hydrogen (secondary N) is 1. The van der Waals surface area contributed by atoms with E-state index in [0.29, 0.717) is 11.6 Å². The lowest BCUT2D eigenvalue weighted by Crippen LogP contribution is -2.18. The van der Waals surface area contributed by atoms with Gasteiger partial charge in [-0.2, -0.15) is 0 Å². The van der Waals surface area contributed by atoms with Crippen molar-refractivity contribution >= 4 is 23.2 Å². The van der Waals surface area contributed by atoms with E-state index in [-0.39, 0.29) is 6.04 Å². The summed E-state index contributed by atoms with van der Waals surface area (Å²) in [6.07, 6.45) is 0. The number of rotatable bonds is 5. The van der Waals surface area contributed by atoms with Gasteiger partial charge in [0.05, 0.1) is 7.11 Å². The van der Waals surface area contributed by atoms with Gasteiger partial charge in [0, 0.05) is 28.2 Å². The Bertz CT molecular complexity index is 569. The minimum Gasteiger partial charge on any atom is -0.496 e. The van der Waals surface area contributed by atoms with E-state index in [1.165, 1.54) is 5.56 Å². The maximum atomic E-state index is 6.22. The van der Waals surface area contributed by atoms with Crippen molar-refractivity contribution in [2.24, 2.45) is 0 Å². The topological polar surface area (TPSA) is 21.3 Å². The molecule has 0 spiro atoms. The summed E-state index contributed by atoms with van der Waals surface area (Å²) >= 11 is 12.1. The Hall–Kier alpha value is -1.22. The molecule has 0 aliphatic heterocycles. The quantitative estimate of drug-likeness (QED) is 0.852. The highest BCUT2D eigenvalue weighted by Gasteiger charge is 2.10. The van der Waals surface area contributed by atoms with Gasteiger partial charge in [0.25, 0.3) is 0 Å². The predicted molar refractivity (Wildman–Crippen MR) is 84.7 cm³/mol. The Morgan fingerprint density at radius 3 is 2.45 bits per heavy atom. The molecule has 1 atom stereocenters. The second kappa shape index (κ2) is 6.98. The van der Waals surface area contributed by atoms with E-state index in [4.69, 9.17) is 27.9 Å². The SMILES string of the molecule is COc1cccc(Cl)c1CN[C@H](C)c1ccc(Cl)cc1. The van der Waals surface area contributed by atoms with Crippen LogP contribution in [-0.4, -0.2) is 7.11 Å². The largest absolute Gasteiger partial charge is 0.496 e. The van der Waals surface area contributed by atoms with E-state index in [2.05, 4.69) is 12.2 Å². The van der Waals surface area contributed by atoms with E-state index in [1.54, 1.807) is 7.11 Å². The van der Waals surface area contributed by atoms with Crippen molar-refractivity contribution < 1.29 is 4.74 Å². The van der Waals surface area contributed by atoms with Gasteiger partial charge in [-0.15, -0.1) is 0 Å². The number of hydrogen-bond donors (Lipinski definition) is 1. The van der Waals surface area contributed by atoms with Gasteiger partial charge in [-0.3, -0.25) is 0 Å². The van der Waals surface area contributed by atoms with E-state index < -0.39 is 0 Å². The van der Waals surface area contributed by atoms with Crippen molar-refractivity contribution in [3.8, 4) is 5.75 Å². The Labute approximate surface area is 129 Å². The lowest BCUT2D eigenvalue weighted by molar-refractivity contribution is 0.406. The number of methoxy groups -OCH3 is 1. The molecule has 20 heavy (non-hydrogen) atoms. The molecule has 0 aliphatic rings. The molecule has 0 aliphatic carbocycles. The fourth-order valence-electron chi connectivity index (χ4n) is 2.03. The second-order valence-corrected chi connectivity index (χ2v) is 5.42. The first-order valence-corrected chi connectivity index (χ1v) is 7.17. The molecule has 0 fully saturated rings. The van der Waals surface area contributed by atoms with Crippen LogP contribution in [0.5, 0.6) is 5.75 Å². The summed E-state index contributed by atoms with van der Waals surface area (Å²) in [6.45, 7) is 2.75. The molecule has 0 heterocycles. The van der Waals surface area contributed by atoms with E-state index in [1.807, 2.05) is 42.5 Å². The van der Waals surface area contributed by atoms with Crippen molar-refractivity contribution in [1.29, 1.82) is 0 Å². The van der Waals surface area contributed by atoms with Crippen molar-refractivity contribution in [2.45, 2.75) is 19.5 Å². The summed E-state index contributed by atoms with van der Waals surface area (Å²) in [4.78, 5) is 0. The highest BCUT2D eigenvalue weighted by molar-refractivity contribution is 6.31. The monoisotopic (exact) mass is 309 g/mol. The maximum Gasteiger partial charge on any atom is 0.124 e. The summed E-state index contributed by atoms with van der Waals surface area (Å²) in [5.74, 6) is 0.799. The summed E-state index contributed by atoms with van der Waals surface area (Å²) in [5.41, 5.74) is 2.15. The fourth-order valence-corrected chi connectivity index (χ4v) is 2.38. The average Bonchev–Trinajstić information content (AvgIpc) is 2.46. The number of benzene rings is 2. The third-order valence-corrected chi connectivity index (χ3v) is 3.86. The lowest BCUT2D eigenvalue weighted by Gasteiger charge is -2.16. The summed E-state index contributed by atoms with van der Waals surface area (Å²) in [5, 5.41) is 4.90. The molecule has 2 rings (SSSR count). The standard InChI is InChI=1S/C16H17Cl2NO/c1-11(12-6-8-13(17)9-7-12)19-10-14-15(18)4-3-5-16(14)20-2/h3-9,11,19H,10H2,1-2H3/t11-/m1/s1. The molecule has 0 saturated carbocycles. The van der Waals surface area contributed by atoms with Crippen molar-refractivity contribution in [3.63, 3.8) is 0 Å². The van der Waals surface area contributed by atoms with Crippen LogP contribution in [0.15, 0.2) is 42.5 Å². The molecule has 2 nitrogen and oxygen atoms in total. The number of halogens is 2. The van der Waals surface area contributed by atoms with Crippen molar-refractivity contribution in [1.82, 2.24) is 5.32 Å². The third kappa shape index (κ3) is 3.66. The van der Waals surface area contributed by atoms with Gasteiger partial charge in [-0.1, -0.05) is 41.4 Å². The highest BCUT2D eigenvalue weighted by atomic mass is 35.5. The van der Waals surface area contributed by atoms with Crippen LogP contribution in [0, 0.1) is 0 Å². The van der Waals surface area contributed by atoms with Crippen LogP contribution in [0.4, 0.5) is 0 Å². The smallest absolute Gasteiger partial charge is 0.124 e. The van der Waals surface area contributed by atoms with Crippen LogP contribution < -0.4 is 10.1 Å². The van der Waals surface area contributed by atoms with Gasteiger partial charge >= 0.3 is 0 Å². The summed E-state index contributed by atoms with van der Waals surface area (Å²) in [7, 11) is 1.65. The molecule has 1 N–H and O–H groups in total. The fraction of sp³-hybridized carbons (Fsp3) is 0.250. The molecule has 0 aromatic heterocycles. The maximum absolute atomic E-state index is 6.22. The van der Waals surface area contributed by atoms with E-state index >= 15 is 0 Å². The Morgan fingerprint density at radius 1 is 1.10 bits per heavy atom. The summed E-state index contributed by atoms with van der Waals surface area (Å²) in [6, 6.07) is 13.7. The lowest BCUT2D eigenvalue weighted by atomic mass is 10.1. The molecule has 0 unspecified atom stereocenters. The van der Waals surface area contributed by atoms with Crippen molar-refractivity contribution in [3.05, 3.63) is 63.6 Å². The Morgan fingerprint density at radius 2 is 1.80 bits per heavy atom. The summed E-state index contributed by atoms with van der Waals surface area (Å²) < 4.78 is 5.34. The molecule has 0 radical (unpaired) electrons. The third-order valence-electron chi connectivity index (χ3n) is 3.25. The molecule has 106 valence electrons. The second-order valence-electron chi connectivity index (χ2n) is 4.57. The van der Waals surface area contributed by atoms with Gasteiger partial charge in [0.1, 0.15) is 5.75 Å². The molecule has 4 heteroatoms. The average molecular weight is 310 g/mol. The molecule has 0 amide bonds. The first-order chi connectivity index (χ1) is 9.61. The molecule has 2 aromatic carbocycles. The molecule has 2 aromatic rings. The highest BCUT2D eigenvalue weighted by Crippen LogP contribution is 2.27. The zero-order valence-electron chi connectivity index (χ0n) is 11.5. The molecular weight excluding hydrogens is 293 g/mol. The minimum atomic E-state index is 0.202. The zero-order valence-corrected chi connectivity index (χ0v) is 13.0. The van der Waals surface area contributed by atoms with Crippen LogP contribution in [0.25, 0.3) is 0 Å². The van der Waals surface area contributed by atoms with E-state index in [9.17, 15) is 0 Å².